The van der Waals surface area contributed by atoms with Gasteiger partial charge in [-0.05, 0) is 39.0 Å². The maximum atomic E-state index is 10.4. The van der Waals surface area contributed by atoms with Gasteiger partial charge in [-0.15, -0.1) is 0 Å². The van der Waals surface area contributed by atoms with Crippen molar-refractivity contribution < 1.29 is 5.11 Å². The average molecular weight is 294 g/mol. The minimum Gasteiger partial charge on any atom is -0.388 e. The Hall–Kier alpha value is -0.810. The van der Waals surface area contributed by atoms with Gasteiger partial charge < -0.3 is 15.7 Å². The molecule has 3 fully saturated rings. The van der Waals surface area contributed by atoms with Gasteiger partial charge in [0.1, 0.15) is 0 Å². The summed E-state index contributed by atoms with van der Waals surface area (Å²) in [5.74, 6) is 0.838. The number of guanidine groups is 1. The van der Waals surface area contributed by atoms with E-state index in [1.165, 1.54) is 19.3 Å². The van der Waals surface area contributed by atoms with Gasteiger partial charge in [-0.2, -0.15) is 0 Å². The summed E-state index contributed by atoms with van der Waals surface area (Å²) in [5, 5.41) is 17.3. The zero-order chi connectivity index (χ0) is 14.9. The molecule has 0 aromatic rings. The first kappa shape index (κ1) is 15.1. The molecule has 1 aliphatic heterocycles. The number of hydrogen-bond acceptors (Lipinski definition) is 3. The van der Waals surface area contributed by atoms with Crippen molar-refractivity contribution in [2.45, 2.75) is 75.6 Å². The summed E-state index contributed by atoms with van der Waals surface area (Å²) < 4.78 is 0. The van der Waals surface area contributed by atoms with Crippen LogP contribution < -0.4 is 10.6 Å². The molecule has 2 atom stereocenters. The Bertz CT molecular complexity index is 388. The maximum Gasteiger partial charge on any atom is 0.191 e. The summed E-state index contributed by atoms with van der Waals surface area (Å²) >= 11 is 0. The molecule has 2 saturated carbocycles. The second-order valence-corrected chi connectivity index (χ2v) is 7.21. The lowest BCUT2D eigenvalue weighted by Crippen LogP contribution is -2.49. The predicted molar refractivity (Wildman–Crippen MR) is 85.5 cm³/mol. The molecule has 0 aromatic heterocycles. The van der Waals surface area contributed by atoms with E-state index in [9.17, 15) is 5.11 Å². The first-order valence-electron chi connectivity index (χ1n) is 8.55. The van der Waals surface area contributed by atoms with Gasteiger partial charge >= 0.3 is 0 Å². The second kappa shape index (κ2) is 6.13. The van der Waals surface area contributed by atoms with Crippen molar-refractivity contribution in [2.75, 3.05) is 20.1 Å². The molecule has 0 amide bonds. The predicted octanol–water partition coefficient (Wildman–Crippen LogP) is 1.08. The lowest BCUT2D eigenvalue weighted by atomic mass is 10.0. The van der Waals surface area contributed by atoms with Gasteiger partial charge in [-0.1, -0.05) is 12.8 Å². The summed E-state index contributed by atoms with van der Waals surface area (Å²) in [5.41, 5.74) is -0.527. The zero-order valence-electron chi connectivity index (χ0n) is 13.4. The molecule has 5 heteroatoms. The molecule has 3 rings (SSSR count). The Morgan fingerprint density at radius 2 is 2.05 bits per heavy atom. The van der Waals surface area contributed by atoms with Crippen molar-refractivity contribution in [1.82, 2.24) is 15.5 Å². The van der Waals surface area contributed by atoms with Crippen molar-refractivity contribution in [3.63, 3.8) is 0 Å². The fourth-order valence-electron chi connectivity index (χ4n) is 3.92. The third-order valence-electron chi connectivity index (χ3n) is 5.32. The van der Waals surface area contributed by atoms with Gasteiger partial charge in [-0.3, -0.25) is 9.89 Å². The molecular formula is C16H30N4O. The van der Waals surface area contributed by atoms with Crippen LogP contribution in [0.15, 0.2) is 4.99 Å². The van der Waals surface area contributed by atoms with Gasteiger partial charge in [0, 0.05) is 38.3 Å². The third-order valence-corrected chi connectivity index (χ3v) is 5.32. The Morgan fingerprint density at radius 3 is 2.67 bits per heavy atom. The Kier molecular flexibility index (Phi) is 4.41. The van der Waals surface area contributed by atoms with E-state index in [2.05, 4.69) is 27.4 Å². The monoisotopic (exact) mass is 294 g/mol. The lowest BCUT2D eigenvalue weighted by molar-refractivity contribution is 0.0521. The normalized spacial score (nSPS) is 33.4. The summed E-state index contributed by atoms with van der Waals surface area (Å²) in [6.07, 6.45) is 8.02. The van der Waals surface area contributed by atoms with Crippen LogP contribution in [0.1, 0.15) is 51.9 Å². The molecule has 0 spiro atoms. The first-order valence-corrected chi connectivity index (χ1v) is 8.55. The third kappa shape index (κ3) is 3.69. The highest BCUT2D eigenvalue weighted by molar-refractivity contribution is 5.80. The fourth-order valence-corrected chi connectivity index (χ4v) is 3.92. The number of nitrogens with one attached hydrogen (secondary N) is 2. The van der Waals surface area contributed by atoms with E-state index < -0.39 is 5.60 Å². The smallest absolute Gasteiger partial charge is 0.191 e. The molecule has 120 valence electrons. The van der Waals surface area contributed by atoms with E-state index in [0.717, 1.165) is 44.2 Å². The highest BCUT2D eigenvalue weighted by Gasteiger charge is 2.39. The van der Waals surface area contributed by atoms with Crippen molar-refractivity contribution in [1.29, 1.82) is 0 Å². The van der Waals surface area contributed by atoms with Gasteiger partial charge in [0.2, 0.25) is 0 Å². The summed E-state index contributed by atoms with van der Waals surface area (Å²) in [7, 11) is 1.81. The van der Waals surface area contributed by atoms with Gasteiger partial charge in [0.05, 0.1) is 5.60 Å². The number of rotatable bonds is 4. The quantitative estimate of drug-likeness (QED) is 0.536. The lowest BCUT2D eigenvalue weighted by Gasteiger charge is -2.25. The molecule has 1 heterocycles. The van der Waals surface area contributed by atoms with Crippen molar-refractivity contribution in [3.05, 3.63) is 0 Å². The largest absolute Gasteiger partial charge is 0.388 e. The van der Waals surface area contributed by atoms with E-state index in [0.29, 0.717) is 18.6 Å². The first-order chi connectivity index (χ1) is 10.1. The molecule has 0 radical (unpaired) electrons. The zero-order valence-corrected chi connectivity index (χ0v) is 13.4. The van der Waals surface area contributed by atoms with Crippen LogP contribution in [0, 0.1) is 0 Å². The minimum atomic E-state index is -0.527. The van der Waals surface area contributed by atoms with E-state index in [4.69, 9.17) is 0 Å². The second-order valence-electron chi connectivity index (χ2n) is 7.21. The topological polar surface area (TPSA) is 59.9 Å². The van der Waals surface area contributed by atoms with E-state index in [1.807, 2.05) is 7.05 Å². The minimum absolute atomic E-state index is 0.477. The molecule has 0 bridgehead atoms. The van der Waals surface area contributed by atoms with Crippen molar-refractivity contribution >= 4 is 5.96 Å². The molecule has 3 N–H and O–H groups in total. The Morgan fingerprint density at radius 1 is 1.33 bits per heavy atom. The molecule has 21 heavy (non-hydrogen) atoms. The Labute approximate surface area is 128 Å². The van der Waals surface area contributed by atoms with Crippen LogP contribution in [0.2, 0.25) is 0 Å². The number of aliphatic imine (C=N–C) groups is 1. The van der Waals surface area contributed by atoms with Crippen molar-refractivity contribution in [2.24, 2.45) is 4.99 Å². The number of aliphatic hydroxyl groups is 1. The number of nitrogens with zero attached hydrogens (tertiary/aromatic N) is 2. The molecule has 0 aromatic carbocycles. The molecule has 2 aliphatic carbocycles. The van der Waals surface area contributed by atoms with Crippen LogP contribution in [0.4, 0.5) is 0 Å². The summed E-state index contributed by atoms with van der Waals surface area (Å²) in [6, 6.07) is 1.98. The van der Waals surface area contributed by atoms with Gasteiger partial charge in [-0.25, -0.2) is 0 Å². The number of likely N-dealkylation sites (tertiary alicyclic amines) is 1. The van der Waals surface area contributed by atoms with E-state index in [-0.39, 0.29) is 0 Å². The average Bonchev–Trinajstić information content (AvgIpc) is 3.12. The highest BCUT2D eigenvalue weighted by Crippen LogP contribution is 2.33. The van der Waals surface area contributed by atoms with Crippen LogP contribution in [-0.2, 0) is 0 Å². The SMILES string of the molecule is CN=C(NCC1(O)CCCC1)NC1CC(C)N(C2CC2)C1. The van der Waals surface area contributed by atoms with Gasteiger partial charge in [0.25, 0.3) is 0 Å². The van der Waals surface area contributed by atoms with Crippen LogP contribution in [0.3, 0.4) is 0 Å². The van der Waals surface area contributed by atoms with E-state index >= 15 is 0 Å². The summed E-state index contributed by atoms with van der Waals surface area (Å²) in [6.45, 7) is 4.07. The summed E-state index contributed by atoms with van der Waals surface area (Å²) in [4.78, 5) is 6.95. The fraction of sp³-hybridized carbons (Fsp3) is 0.938. The molecule has 5 nitrogen and oxygen atoms in total. The van der Waals surface area contributed by atoms with Crippen LogP contribution in [-0.4, -0.2) is 59.8 Å². The van der Waals surface area contributed by atoms with E-state index in [1.54, 1.807) is 0 Å². The van der Waals surface area contributed by atoms with Gasteiger partial charge in [0.15, 0.2) is 5.96 Å². The molecule has 2 unspecified atom stereocenters. The maximum absolute atomic E-state index is 10.4. The Balaban J connectivity index is 1.46. The standard InChI is InChI=1S/C16H30N4O/c1-12-9-13(10-20(12)14-5-6-14)19-15(17-2)18-11-16(21)7-3-4-8-16/h12-14,21H,3-11H2,1-2H3,(H2,17,18,19). The van der Waals surface area contributed by atoms with Crippen LogP contribution in [0.5, 0.6) is 0 Å². The highest BCUT2D eigenvalue weighted by atomic mass is 16.3. The molecule has 3 aliphatic rings. The van der Waals surface area contributed by atoms with Crippen LogP contribution >= 0.6 is 0 Å². The molecule has 1 saturated heterocycles. The van der Waals surface area contributed by atoms with Crippen LogP contribution in [0.25, 0.3) is 0 Å². The molecular weight excluding hydrogens is 264 g/mol. The number of hydrogen-bond donors (Lipinski definition) is 3. The van der Waals surface area contributed by atoms with Crippen molar-refractivity contribution in [3.8, 4) is 0 Å².